The van der Waals surface area contributed by atoms with Crippen LogP contribution >= 0.6 is 0 Å². The van der Waals surface area contributed by atoms with Gasteiger partial charge in [0.15, 0.2) is 0 Å². The number of benzene rings is 3. The van der Waals surface area contributed by atoms with E-state index in [1.54, 1.807) is 19.1 Å². The number of aliphatic hydroxyl groups excluding tert-OH is 2. The molecule has 0 saturated heterocycles. The summed E-state index contributed by atoms with van der Waals surface area (Å²) in [6.45, 7) is 1.72. The molecule has 7 nitrogen and oxygen atoms in total. The fourth-order valence-electron chi connectivity index (χ4n) is 3.79. The lowest BCUT2D eigenvalue weighted by Crippen LogP contribution is -2.40. The van der Waals surface area contributed by atoms with E-state index in [-0.39, 0.29) is 25.0 Å². The van der Waals surface area contributed by atoms with Gasteiger partial charge >= 0.3 is 0 Å². The molecule has 0 saturated carbocycles. The monoisotopic (exact) mass is 461 g/mol. The SMILES string of the molecule is CC(=O)N1CCCc2cc(-c3ccc(C(=O)NC(CO)CO)cc3)ccc21.Nc1ccccc1. The van der Waals surface area contributed by atoms with E-state index in [4.69, 9.17) is 15.9 Å². The van der Waals surface area contributed by atoms with Gasteiger partial charge in [0.25, 0.3) is 5.91 Å². The lowest BCUT2D eigenvalue weighted by atomic mass is 9.95. The van der Waals surface area contributed by atoms with Gasteiger partial charge in [-0.15, -0.1) is 0 Å². The molecule has 5 N–H and O–H groups in total. The van der Waals surface area contributed by atoms with Crippen LogP contribution in [0.2, 0.25) is 0 Å². The number of carbonyl (C=O) groups is 2. The summed E-state index contributed by atoms with van der Waals surface area (Å²) in [4.78, 5) is 25.8. The van der Waals surface area contributed by atoms with E-state index >= 15 is 0 Å². The van der Waals surface area contributed by atoms with Gasteiger partial charge in [-0.1, -0.05) is 36.4 Å². The highest BCUT2D eigenvalue weighted by Crippen LogP contribution is 2.31. The zero-order valence-corrected chi connectivity index (χ0v) is 19.3. The highest BCUT2D eigenvalue weighted by molar-refractivity contribution is 5.95. The van der Waals surface area contributed by atoms with Crippen LogP contribution < -0.4 is 16.0 Å². The zero-order valence-electron chi connectivity index (χ0n) is 19.3. The van der Waals surface area contributed by atoms with Crippen molar-refractivity contribution < 1.29 is 19.8 Å². The molecule has 7 heteroatoms. The maximum Gasteiger partial charge on any atom is 0.251 e. The third-order valence-electron chi connectivity index (χ3n) is 5.63. The fourth-order valence-corrected chi connectivity index (χ4v) is 3.79. The van der Waals surface area contributed by atoms with Crippen LogP contribution in [0.5, 0.6) is 0 Å². The first-order valence-corrected chi connectivity index (χ1v) is 11.3. The Morgan fingerprint density at radius 2 is 1.62 bits per heavy atom. The van der Waals surface area contributed by atoms with E-state index < -0.39 is 6.04 Å². The van der Waals surface area contributed by atoms with Crippen LogP contribution in [0.25, 0.3) is 11.1 Å². The highest BCUT2D eigenvalue weighted by Gasteiger charge is 2.20. The van der Waals surface area contributed by atoms with Crippen LogP contribution in [-0.4, -0.2) is 47.8 Å². The minimum absolute atomic E-state index is 0.0585. The first kappa shape index (κ1) is 25.0. The summed E-state index contributed by atoms with van der Waals surface area (Å²) < 4.78 is 0. The molecule has 0 radical (unpaired) electrons. The largest absolute Gasteiger partial charge is 0.399 e. The molecule has 0 spiro atoms. The van der Waals surface area contributed by atoms with Crippen LogP contribution in [-0.2, 0) is 11.2 Å². The van der Waals surface area contributed by atoms with E-state index in [0.717, 1.165) is 47.5 Å². The average molecular weight is 462 g/mol. The van der Waals surface area contributed by atoms with Crippen molar-refractivity contribution in [3.05, 3.63) is 83.9 Å². The third-order valence-corrected chi connectivity index (χ3v) is 5.63. The van der Waals surface area contributed by atoms with Crippen molar-refractivity contribution in [2.45, 2.75) is 25.8 Å². The summed E-state index contributed by atoms with van der Waals surface area (Å²) in [7, 11) is 0. The Balaban J connectivity index is 0.000000396. The van der Waals surface area contributed by atoms with Gasteiger partial charge in [-0.25, -0.2) is 0 Å². The number of aryl methyl sites for hydroxylation is 1. The first-order chi connectivity index (χ1) is 16.4. The molecule has 34 heavy (non-hydrogen) atoms. The Morgan fingerprint density at radius 1 is 0.971 bits per heavy atom. The predicted octanol–water partition coefficient (Wildman–Crippen LogP) is 3.00. The van der Waals surface area contributed by atoms with Crippen LogP contribution in [0, 0.1) is 0 Å². The molecule has 2 amide bonds. The molecule has 0 atom stereocenters. The van der Waals surface area contributed by atoms with E-state index in [0.29, 0.717) is 5.56 Å². The summed E-state index contributed by atoms with van der Waals surface area (Å²) in [6, 6.07) is 22.1. The van der Waals surface area contributed by atoms with Gasteiger partial charge in [0, 0.05) is 30.4 Å². The molecule has 3 aromatic rings. The number of aliphatic hydroxyl groups is 2. The van der Waals surface area contributed by atoms with Crippen LogP contribution in [0.1, 0.15) is 29.3 Å². The molecule has 4 rings (SSSR count). The third kappa shape index (κ3) is 6.43. The number of hydrogen-bond donors (Lipinski definition) is 4. The topological polar surface area (TPSA) is 116 Å². The molecule has 0 aliphatic carbocycles. The Labute approximate surface area is 199 Å². The Kier molecular flexibility index (Phi) is 8.79. The van der Waals surface area contributed by atoms with Crippen molar-refractivity contribution in [1.82, 2.24) is 5.32 Å². The average Bonchev–Trinajstić information content (AvgIpc) is 2.87. The standard InChI is InChI=1S/C21H24N2O4.C6H7N/c1-14(26)23-10-2-3-18-11-17(8-9-20(18)23)15-4-6-16(7-5-15)21(27)22-19(12-24)13-25;7-6-4-2-1-3-5-6/h4-9,11,19,24-25H,2-3,10,12-13H2,1H3,(H,22,27);1-5H,7H2. The van der Waals surface area contributed by atoms with Gasteiger partial charge in [0.1, 0.15) is 0 Å². The number of nitrogens with two attached hydrogens (primary N) is 1. The second-order valence-corrected chi connectivity index (χ2v) is 8.14. The Hall–Kier alpha value is -3.68. The molecule has 0 aromatic heterocycles. The zero-order chi connectivity index (χ0) is 24.5. The van der Waals surface area contributed by atoms with Crippen LogP contribution in [0.15, 0.2) is 72.8 Å². The number of fused-ring (bicyclic) bond motifs is 1. The molecular formula is C27H31N3O4. The summed E-state index contributed by atoms with van der Waals surface area (Å²) in [6.07, 6.45) is 1.89. The van der Waals surface area contributed by atoms with E-state index in [1.165, 1.54) is 0 Å². The summed E-state index contributed by atoms with van der Waals surface area (Å²) >= 11 is 0. The van der Waals surface area contributed by atoms with Gasteiger partial charge < -0.3 is 26.2 Å². The molecule has 0 bridgehead atoms. The molecule has 3 aromatic carbocycles. The number of para-hydroxylation sites is 1. The molecule has 1 aliphatic rings. The molecule has 1 aliphatic heterocycles. The maximum atomic E-state index is 12.1. The summed E-state index contributed by atoms with van der Waals surface area (Å²) in [5, 5.41) is 20.7. The van der Waals surface area contributed by atoms with Crippen LogP contribution in [0.4, 0.5) is 11.4 Å². The molecule has 0 fully saturated rings. The van der Waals surface area contributed by atoms with E-state index in [1.807, 2.05) is 59.5 Å². The minimum Gasteiger partial charge on any atom is -0.399 e. The molecular weight excluding hydrogens is 430 g/mol. The molecule has 178 valence electrons. The Bertz CT molecular complexity index is 1100. The van der Waals surface area contributed by atoms with Crippen molar-refractivity contribution in [2.24, 2.45) is 0 Å². The number of carbonyl (C=O) groups excluding carboxylic acids is 2. The summed E-state index contributed by atoms with van der Waals surface area (Å²) in [5.41, 5.74) is 10.8. The normalized spacial score (nSPS) is 12.4. The number of anilines is 2. The van der Waals surface area contributed by atoms with Gasteiger partial charge in [0.05, 0.1) is 19.3 Å². The van der Waals surface area contributed by atoms with Crippen molar-refractivity contribution in [3.63, 3.8) is 0 Å². The lowest BCUT2D eigenvalue weighted by molar-refractivity contribution is -0.116. The van der Waals surface area contributed by atoms with Gasteiger partial charge in [-0.3, -0.25) is 9.59 Å². The predicted molar refractivity (Wildman–Crippen MR) is 135 cm³/mol. The number of nitrogens with zero attached hydrogens (tertiary/aromatic N) is 1. The van der Waals surface area contributed by atoms with E-state index in [2.05, 4.69) is 11.4 Å². The van der Waals surface area contributed by atoms with Gasteiger partial charge in [0.2, 0.25) is 5.91 Å². The van der Waals surface area contributed by atoms with Crippen molar-refractivity contribution in [1.29, 1.82) is 0 Å². The number of nitrogens with one attached hydrogen (secondary N) is 1. The van der Waals surface area contributed by atoms with E-state index in [9.17, 15) is 9.59 Å². The second kappa shape index (κ2) is 12.0. The number of amides is 2. The number of nitrogen functional groups attached to an aromatic ring is 1. The number of rotatable bonds is 5. The number of hydrogen-bond acceptors (Lipinski definition) is 5. The first-order valence-electron chi connectivity index (χ1n) is 11.3. The lowest BCUT2D eigenvalue weighted by Gasteiger charge is -2.29. The smallest absolute Gasteiger partial charge is 0.251 e. The Morgan fingerprint density at radius 3 is 2.18 bits per heavy atom. The summed E-state index contributed by atoms with van der Waals surface area (Å²) in [5.74, 6) is -0.277. The minimum atomic E-state index is -0.665. The van der Waals surface area contributed by atoms with Crippen LogP contribution in [0.3, 0.4) is 0 Å². The van der Waals surface area contributed by atoms with Gasteiger partial charge in [-0.2, -0.15) is 0 Å². The highest BCUT2D eigenvalue weighted by atomic mass is 16.3. The second-order valence-electron chi connectivity index (χ2n) is 8.14. The molecule has 1 heterocycles. The van der Waals surface area contributed by atoms with Crippen molar-refractivity contribution >= 4 is 23.2 Å². The van der Waals surface area contributed by atoms with Crippen molar-refractivity contribution in [3.8, 4) is 11.1 Å². The van der Waals surface area contributed by atoms with Gasteiger partial charge in [-0.05, 0) is 65.9 Å². The quantitative estimate of drug-likeness (QED) is 0.436. The van der Waals surface area contributed by atoms with Crippen molar-refractivity contribution in [2.75, 3.05) is 30.4 Å². The maximum absolute atomic E-state index is 12.1. The molecule has 0 unspecified atom stereocenters. The fraction of sp³-hybridized carbons (Fsp3) is 0.259.